The van der Waals surface area contributed by atoms with Gasteiger partial charge in [0.25, 0.3) is 5.69 Å². The van der Waals surface area contributed by atoms with Crippen LogP contribution in [0.1, 0.15) is 24.3 Å². The average Bonchev–Trinajstić information content (AvgIpc) is 2.62. The Morgan fingerprint density at radius 2 is 1.88 bits per heavy atom. The Morgan fingerprint density at radius 3 is 2.56 bits per heavy atom. The molecule has 25 heavy (non-hydrogen) atoms. The average molecular weight is 336 g/mol. The van der Waals surface area contributed by atoms with Crippen LogP contribution >= 0.6 is 0 Å². The van der Waals surface area contributed by atoms with Gasteiger partial charge in [-0.1, -0.05) is 36.4 Å². The zero-order chi connectivity index (χ0) is 17.8. The summed E-state index contributed by atoms with van der Waals surface area (Å²) in [5.74, 6) is -0.241. The van der Waals surface area contributed by atoms with Crippen LogP contribution in [0.3, 0.4) is 0 Å². The van der Waals surface area contributed by atoms with Crippen molar-refractivity contribution < 1.29 is 14.8 Å². The maximum absolute atomic E-state index is 12.4. The second-order valence-electron chi connectivity index (χ2n) is 5.83. The number of hydrogen-bond acceptors (Lipinski definition) is 5. The molecule has 1 unspecified atom stereocenters. The van der Waals surface area contributed by atoms with Gasteiger partial charge in [-0.05, 0) is 17.5 Å². The minimum absolute atomic E-state index is 0.000663. The fraction of sp³-hybridized carbons (Fsp3) is 0.158. The number of ketones is 1. The molecule has 3 rings (SSSR count). The fourth-order valence-electron chi connectivity index (χ4n) is 2.84. The van der Waals surface area contributed by atoms with Crippen LogP contribution < -0.4 is 0 Å². The molecule has 0 radical (unpaired) electrons. The highest BCUT2D eigenvalue weighted by atomic mass is 16.6. The summed E-state index contributed by atoms with van der Waals surface area (Å²) in [5.41, 5.74) is 1.45. The van der Waals surface area contributed by atoms with Crippen LogP contribution in [0.4, 0.5) is 11.4 Å². The molecule has 0 saturated heterocycles. The molecule has 2 aromatic carbocycles. The van der Waals surface area contributed by atoms with Gasteiger partial charge in [-0.2, -0.15) is 0 Å². The van der Waals surface area contributed by atoms with Crippen LogP contribution in [0.25, 0.3) is 0 Å². The largest absolute Gasteiger partial charge is 0.511 e. The third-order valence-electron chi connectivity index (χ3n) is 4.14. The van der Waals surface area contributed by atoms with E-state index in [2.05, 4.69) is 4.99 Å². The number of Topliss-reactive ketones (excluding diaryl/α,β-unsaturated/α-hetero) is 1. The highest BCUT2D eigenvalue weighted by molar-refractivity contribution is 6.15. The summed E-state index contributed by atoms with van der Waals surface area (Å²) in [7, 11) is 0. The van der Waals surface area contributed by atoms with Crippen molar-refractivity contribution >= 4 is 23.4 Å². The Morgan fingerprint density at radius 1 is 1.12 bits per heavy atom. The lowest BCUT2D eigenvalue weighted by atomic mass is 9.83. The lowest BCUT2D eigenvalue weighted by Crippen LogP contribution is -2.19. The van der Waals surface area contributed by atoms with Crippen LogP contribution in [-0.4, -0.2) is 22.0 Å². The zero-order valence-electron chi connectivity index (χ0n) is 13.3. The number of nitro benzene ring substituents is 1. The summed E-state index contributed by atoms with van der Waals surface area (Å²) in [6.07, 6.45) is 1.95. The lowest BCUT2D eigenvalue weighted by molar-refractivity contribution is -0.384. The number of nitro groups is 1. The second kappa shape index (κ2) is 7.09. The Bertz CT molecular complexity index is 872. The number of allylic oxidation sites excluding steroid dienone is 2. The van der Waals surface area contributed by atoms with E-state index in [0.29, 0.717) is 18.5 Å². The monoisotopic (exact) mass is 336 g/mol. The van der Waals surface area contributed by atoms with Crippen molar-refractivity contribution in [1.29, 1.82) is 0 Å². The van der Waals surface area contributed by atoms with E-state index in [9.17, 15) is 20.0 Å². The summed E-state index contributed by atoms with van der Waals surface area (Å²) in [4.78, 5) is 26.7. The third kappa shape index (κ3) is 3.80. The summed E-state index contributed by atoms with van der Waals surface area (Å²) in [6.45, 7) is 0. The molecule has 126 valence electrons. The van der Waals surface area contributed by atoms with Gasteiger partial charge in [-0.15, -0.1) is 0 Å². The van der Waals surface area contributed by atoms with Gasteiger partial charge in [0.05, 0.1) is 16.2 Å². The molecule has 0 bridgehead atoms. The number of nitrogens with zero attached hydrogens (tertiary/aromatic N) is 2. The first-order valence-corrected chi connectivity index (χ1v) is 7.83. The topological polar surface area (TPSA) is 92.8 Å². The number of aliphatic hydroxyl groups is 1. The van der Waals surface area contributed by atoms with Crippen LogP contribution in [0, 0.1) is 10.1 Å². The number of carbonyl (C=O) groups is 1. The summed E-state index contributed by atoms with van der Waals surface area (Å²) < 4.78 is 0. The molecule has 1 N–H and O–H groups in total. The molecular formula is C19H16N2O4. The minimum Gasteiger partial charge on any atom is -0.511 e. The van der Waals surface area contributed by atoms with E-state index in [1.54, 1.807) is 6.07 Å². The number of benzene rings is 2. The first kappa shape index (κ1) is 16.6. The third-order valence-corrected chi connectivity index (χ3v) is 4.14. The van der Waals surface area contributed by atoms with Crippen molar-refractivity contribution in [3.8, 4) is 0 Å². The predicted octanol–water partition coefficient (Wildman–Crippen LogP) is 4.26. The number of hydrogen-bond donors (Lipinski definition) is 1. The Balaban J connectivity index is 1.81. The Kier molecular flexibility index (Phi) is 4.70. The Hall–Kier alpha value is -3.28. The number of rotatable bonds is 4. The standard InChI is InChI=1S/C19H16N2O4/c22-18-9-14(13-5-2-1-3-6-13)10-19(23)17(18)12-20-15-7-4-8-16(11-15)21(24)25/h1-8,11-12,14,22H,9-10H2. The molecule has 1 aliphatic carbocycles. The van der Waals surface area contributed by atoms with E-state index in [-0.39, 0.29) is 28.7 Å². The van der Waals surface area contributed by atoms with Gasteiger partial charge in [0, 0.05) is 31.2 Å². The lowest BCUT2D eigenvalue weighted by Gasteiger charge is -2.22. The molecule has 6 heteroatoms. The molecule has 2 aromatic rings. The highest BCUT2D eigenvalue weighted by Crippen LogP contribution is 2.33. The van der Waals surface area contributed by atoms with Crippen molar-refractivity contribution in [3.63, 3.8) is 0 Å². The maximum atomic E-state index is 12.4. The van der Waals surface area contributed by atoms with E-state index >= 15 is 0 Å². The van der Waals surface area contributed by atoms with E-state index in [0.717, 1.165) is 5.56 Å². The molecule has 0 saturated carbocycles. The molecule has 1 atom stereocenters. The van der Waals surface area contributed by atoms with Crippen LogP contribution in [0.2, 0.25) is 0 Å². The van der Waals surface area contributed by atoms with Crippen LogP contribution in [0.15, 0.2) is 70.9 Å². The molecule has 0 fully saturated rings. The van der Waals surface area contributed by atoms with Gasteiger partial charge in [0.15, 0.2) is 5.78 Å². The first-order valence-electron chi connectivity index (χ1n) is 7.83. The molecule has 0 amide bonds. The fourth-order valence-corrected chi connectivity index (χ4v) is 2.84. The number of carbonyl (C=O) groups excluding carboxylic acids is 1. The molecule has 0 aliphatic heterocycles. The second-order valence-corrected chi connectivity index (χ2v) is 5.83. The van der Waals surface area contributed by atoms with Crippen molar-refractivity contribution in [3.05, 3.63) is 81.6 Å². The SMILES string of the molecule is O=C1CC(c2ccccc2)CC(O)=C1C=Nc1cccc([N+](=O)[O-])c1. The molecular weight excluding hydrogens is 320 g/mol. The minimum atomic E-state index is -0.508. The molecule has 1 aliphatic rings. The van der Waals surface area contributed by atoms with Crippen molar-refractivity contribution in [2.24, 2.45) is 4.99 Å². The van der Waals surface area contributed by atoms with Gasteiger partial charge < -0.3 is 5.11 Å². The summed E-state index contributed by atoms with van der Waals surface area (Å²) in [5, 5.41) is 21.0. The summed E-state index contributed by atoms with van der Waals surface area (Å²) in [6, 6.07) is 15.4. The number of aliphatic imine (C=N–C) groups is 1. The van der Waals surface area contributed by atoms with Gasteiger partial charge in [-0.3, -0.25) is 19.9 Å². The quantitative estimate of drug-likeness (QED) is 0.513. The van der Waals surface area contributed by atoms with Gasteiger partial charge in [-0.25, -0.2) is 0 Å². The van der Waals surface area contributed by atoms with Crippen LogP contribution in [-0.2, 0) is 4.79 Å². The van der Waals surface area contributed by atoms with E-state index in [4.69, 9.17) is 0 Å². The molecule has 6 nitrogen and oxygen atoms in total. The first-order chi connectivity index (χ1) is 12.0. The molecule has 0 aromatic heterocycles. The van der Waals surface area contributed by atoms with Crippen molar-refractivity contribution in [2.45, 2.75) is 18.8 Å². The predicted molar refractivity (Wildman–Crippen MR) is 94.3 cm³/mol. The van der Waals surface area contributed by atoms with Gasteiger partial charge in [0.1, 0.15) is 5.76 Å². The van der Waals surface area contributed by atoms with E-state index in [1.807, 2.05) is 30.3 Å². The number of non-ortho nitro benzene ring substituents is 1. The normalized spacial score (nSPS) is 17.9. The smallest absolute Gasteiger partial charge is 0.271 e. The van der Waals surface area contributed by atoms with Gasteiger partial charge in [0.2, 0.25) is 0 Å². The highest BCUT2D eigenvalue weighted by Gasteiger charge is 2.27. The van der Waals surface area contributed by atoms with Crippen LogP contribution in [0.5, 0.6) is 0 Å². The van der Waals surface area contributed by atoms with Crippen molar-refractivity contribution in [1.82, 2.24) is 0 Å². The Labute approximate surface area is 144 Å². The van der Waals surface area contributed by atoms with Gasteiger partial charge >= 0.3 is 0 Å². The molecule has 0 heterocycles. The van der Waals surface area contributed by atoms with E-state index < -0.39 is 4.92 Å². The summed E-state index contributed by atoms with van der Waals surface area (Å²) >= 11 is 0. The zero-order valence-corrected chi connectivity index (χ0v) is 13.3. The van der Waals surface area contributed by atoms with Crippen molar-refractivity contribution in [2.75, 3.05) is 0 Å². The number of aliphatic hydroxyl groups excluding tert-OH is 1. The molecule has 0 spiro atoms. The maximum Gasteiger partial charge on any atom is 0.271 e. The van der Waals surface area contributed by atoms with E-state index in [1.165, 1.54) is 24.4 Å².